The lowest BCUT2D eigenvalue weighted by Crippen LogP contribution is -2.19. The van der Waals surface area contributed by atoms with Gasteiger partial charge in [0.25, 0.3) is 0 Å². The number of hydrogen-bond acceptors (Lipinski definition) is 2. The van der Waals surface area contributed by atoms with Crippen LogP contribution in [0.1, 0.15) is 5.56 Å². The summed E-state index contributed by atoms with van der Waals surface area (Å²) in [5, 5.41) is 0. The van der Waals surface area contributed by atoms with Crippen molar-refractivity contribution in [3.05, 3.63) is 29.8 Å². The predicted octanol–water partition coefficient (Wildman–Crippen LogP) is 3.08. The Morgan fingerprint density at radius 3 is 2.43 bits per heavy atom. The number of benzene rings is 1. The van der Waals surface area contributed by atoms with Crippen LogP contribution in [0.3, 0.4) is 0 Å². The molecule has 0 aromatic heterocycles. The van der Waals surface area contributed by atoms with Gasteiger partial charge in [0.1, 0.15) is 0 Å². The van der Waals surface area contributed by atoms with Gasteiger partial charge >= 0.3 is 0 Å². The number of thioether (sulfide) groups is 1. The quantitative estimate of drug-likeness (QED) is 0.434. The number of hydrogen-bond donors (Lipinski definition) is 0. The van der Waals surface area contributed by atoms with Crippen LogP contribution in [-0.2, 0) is 6.42 Å². The molecule has 1 aromatic carbocycles. The number of nitrogens with zero attached hydrogens (tertiary/aromatic N) is 1. The second kappa shape index (κ2) is 6.33. The van der Waals surface area contributed by atoms with Crippen molar-refractivity contribution >= 4 is 23.4 Å². The molecule has 0 spiro atoms. The summed E-state index contributed by atoms with van der Waals surface area (Å²) >= 11 is 7.46. The summed E-state index contributed by atoms with van der Waals surface area (Å²) < 4.78 is 0. The van der Waals surface area contributed by atoms with Crippen molar-refractivity contribution in [2.45, 2.75) is 11.3 Å². The Hall–Kier alpha value is -0.180. The second-order valence-corrected chi connectivity index (χ2v) is 4.42. The van der Waals surface area contributed by atoms with Gasteiger partial charge in [-0.15, -0.1) is 23.4 Å². The maximum Gasteiger partial charge on any atom is 0.0736 e. The van der Waals surface area contributed by atoms with Gasteiger partial charge in [-0.25, -0.2) is 0 Å². The summed E-state index contributed by atoms with van der Waals surface area (Å²) in [5.41, 5.74) is 1.37. The van der Waals surface area contributed by atoms with E-state index >= 15 is 0 Å². The van der Waals surface area contributed by atoms with E-state index in [0.29, 0.717) is 6.00 Å². The van der Waals surface area contributed by atoms with Gasteiger partial charge in [-0.3, -0.25) is 4.90 Å². The molecule has 14 heavy (non-hydrogen) atoms. The molecule has 1 aromatic rings. The molecule has 0 N–H and O–H groups in total. The van der Waals surface area contributed by atoms with Gasteiger partial charge in [-0.1, -0.05) is 12.1 Å². The maximum absolute atomic E-state index is 5.69. The van der Waals surface area contributed by atoms with Gasteiger partial charge < -0.3 is 0 Å². The van der Waals surface area contributed by atoms with Crippen molar-refractivity contribution in [2.75, 3.05) is 25.9 Å². The normalized spacial score (nSPS) is 10.9. The molecule has 0 heterocycles. The van der Waals surface area contributed by atoms with Gasteiger partial charge in [0.2, 0.25) is 0 Å². The van der Waals surface area contributed by atoms with E-state index in [9.17, 15) is 0 Å². The van der Waals surface area contributed by atoms with Crippen molar-refractivity contribution in [2.24, 2.45) is 0 Å². The van der Waals surface area contributed by atoms with Crippen LogP contribution in [0.2, 0.25) is 0 Å². The van der Waals surface area contributed by atoms with Crippen LogP contribution in [0.5, 0.6) is 0 Å². The molecule has 0 aliphatic heterocycles. The monoisotopic (exact) mass is 229 g/mol. The Labute approximate surface area is 95.4 Å². The Balaban J connectivity index is 2.43. The SMILES string of the molecule is CSc1ccc(CCN(C)CCl)cc1. The number of rotatable bonds is 5. The molecule has 0 saturated carbocycles. The third-order valence-corrected chi connectivity index (χ3v) is 3.30. The molecule has 3 heteroatoms. The van der Waals surface area contributed by atoms with E-state index in [-0.39, 0.29) is 0 Å². The van der Waals surface area contributed by atoms with Crippen LogP contribution in [-0.4, -0.2) is 30.8 Å². The van der Waals surface area contributed by atoms with Gasteiger partial charge in [-0.05, 0) is 37.4 Å². The number of alkyl halides is 1. The zero-order valence-corrected chi connectivity index (χ0v) is 10.2. The smallest absolute Gasteiger partial charge is 0.0736 e. The van der Waals surface area contributed by atoms with Gasteiger partial charge in [0.05, 0.1) is 6.00 Å². The van der Waals surface area contributed by atoms with E-state index in [1.165, 1.54) is 10.5 Å². The summed E-state index contributed by atoms with van der Waals surface area (Å²) in [6.45, 7) is 1.02. The predicted molar refractivity (Wildman–Crippen MR) is 65.3 cm³/mol. The van der Waals surface area contributed by atoms with Crippen LogP contribution in [0.15, 0.2) is 29.2 Å². The molecule has 1 nitrogen and oxygen atoms in total. The summed E-state index contributed by atoms with van der Waals surface area (Å²) in [5.74, 6) is 0. The maximum atomic E-state index is 5.69. The highest BCUT2D eigenvalue weighted by atomic mass is 35.5. The Kier molecular flexibility index (Phi) is 5.38. The molecule has 0 fully saturated rings. The Morgan fingerprint density at radius 2 is 1.93 bits per heavy atom. The molecular weight excluding hydrogens is 214 g/mol. The van der Waals surface area contributed by atoms with Crippen molar-refractivity contribution in [3.63, 3.8) is 0 Å². The summed E-state index contributed by atoms with van der Waals surface area (Å²) in [7, 11) is 2.03. The summed E-state index contributed by atoms with van der Waals surface area (Å²) in [6.07, 6.45) is 3.16. The van der Waals surface area contributed by atoms with E-state index in [4.69, 9.17) is 11.6 Å². The van der Waals surface area contributed by atoms with Crippen LogP contribution in [0, 0.1) is 0 Å². The van der Waals surface area contributed by atoms with E-state index in [1.54, 1.807) is 11.8 Å². The van der Waals surface area contributed by atoms with E-state index in [2.05, 4.69) is 35.4 Å². The molecule has 0 bridgehead atoms. The minimum Gasteiger partial charge on any atom is -0.293 e. The van der Waals surface area contributed by atoms with Crippen molar-refractivity contribution in [1.29, 1.82) is 0 Å². The lowest BCUT2D eigenvalue weighted by molar-refractivity contribution is 0.394. The molecule has 0 radical (unpaired) electrons. The highest BCUT2D eigenvalue weighted by Gasteiger charge is 1.97. The first kappa shape index (κ1) is 11.9. The third kappa shape index (κ3) is 3.91. The van der Waals surface area contributed by atoms with Gasteiger partial charge in [0.15, 0.2) is 0 Å². The topological polar surface area (TPSA) is 3.24 Å². The Bertz CT molecular complexity index is 260. The molecular formula is C11H16ClNS. The van der Waals surface area contributed by atoms with Crippen molar-refractivity contribution in [3.8, 4) is 0 Å². The van der Waals surface area contributed by atoms with Crippen molar-refractivity contribution in [1.82, 2.24) is 4.90 Å². The third-order valence-electron chi connectivity index (χ3n) is 2.15. The second-order valence-electron chi connectivity index (χ2n) is 3.30. The van der Waals surface area contributed by atoms with Crippen molar-refractivity contribution < 1.29 is 0 Å². The minimum atomic E-state index is 0.600. The lowest BCUT2D eigenvalue weighted by atomic mass is 10.1. The fourth-order valence-corrected chi connectivity index (χ4v) is 1.70. The fraction of sp³-hybridized carbons (Fsp3) is 0.455. The van der Waals surface area contributed by atoms with Crippen LogP contribution < -0.4 is 0 Å². The molecule has 78 valence electrons. The molecule has 0 aliphatic carbocycles. The molecule has 0 aliphatic rings. The number of likely N-dealkylation sites (N-methyl/N-ethyl adjacent to an activating group) is 1. The molecule has 1 rings (SSSR count). The molecule has 0 atom stereocenters. The van der Waals surface area contributed by atoms with Crippen LogP contribution >= 0.6 is 23.4 Å². The standard InChI is InChI=1S/C11H16ClNS/c1-13(9-12)8-7-10-3-5-11(14-2)6-4-10/h3-6H,7-9H2,1-2H3. The largest absolute Gasteiger partial charge is 0.293 e. The molecule has 0 unspecified atom stereocenters. The Morgan fingerprint density at radius 1 is 1.29 bits per heavy atom. The first-order valence-electron chi connectivity index (χ1n) is 4.63. The average Bonchev–Trinajstić information content (AvgIpc) is 2.26. The van der Waals surface area contributed by atoms with Gasteiger partial charge in [-0.2, -0.15) is 0 Å². The summed E-state index contributed by atoms with van der Waals surface area (Å²) in [6, 6.07) is 9.31. The molecule has 0 saturated heterocycles. The van der Waals surface area contributed by atoms with E-state index in [1.807, 2.05) is 7.05 Å². The first-order chi connectivity index (χ1) is 6.76. The zero-order valence-electron chi connectivity index (χ0n) is 8.66. The summed E-state index contributed by atoms with van der Waals surface area (Å²) in [4.78, 5) is 3.42. The van der Waals surface area contributed by atoms with E-state index in [0.717, 1.165) is 13.0 Å². The van der Waals surface area contributed by atoms with E-state index < -0.39 is 0 Å². The minimum absolute atomic E-state index is 0.600. The van der Waals surface area contributed by atoms with Crippen LogP contribution in [0.4, 0.5) is 0 Å². The fourth-order valence-electron chi connectivity index (χ4n) is 1.17. The van der Waals surface area contributed by atoms with Crippen LogP contribution in [0.25, 0.3) is 0 Å². The zero-order chi connectivity index (χ0) is 10.4. The molecule has 0 amide bonds. The first-order valence-corrected chi connectivity index (χ1v) is 6.39. The highest BCUT2D eigenvalue weighted by Crippen LogP contribution is 2.15. The lowest BCUT2D eigenvalue weighted by Gasteiger charge is -2.12. The average molecular weight is 230 g/mol. The van der Waals surface area contributed by atoms with Gasteiger partial charge in [0, 0.05) is 11.4 Å². The number of halogens is 1. The highest BCUT2D eigenvalue weighted by molar-refractivity contribution is 7.98.